The molecule has 1 aromatic heterocycles. The Balaban J connectivity index is 2.96. The average Bonchev–Trinajstić information content (AvgIpc) is 2.04. The first-order valence-corrected chi connectivity index (χ1v) is 4.19. The van der Waals surface area contributed by atoms with Crippen LogP contribution in [-0.2, 0) is 4.79 Å². The Morgan fingerprint density at radius 2 is 2.23 bits per heavy atom. The standard InChI is InChI=1S/C10H14N2O/c1-8(13)10(12(2)3)9-5-4-6-11-7-9/h4-7,10H,1-3H3. The molecule has 0 bridgehead atoms. The number of nitrogens with zero attached hydrogens (tertiary/aromatic N) is 2. The van der Waals surface area contributed by atoms with E-state index in [4.69, 9.17) is 0 Å². The van der Waals surface area contributed by atoms with Gasteiger partial charge >= 0.3 is 0 Å². The zero-order valence-electron chi connectivity index (χ0n) is 8.19. The topological polar surface area (TPSA) is 33.2 Å². The first-order valence-electron chi connectivity index (χ1n) is 4.19. The monoisotopic (exact) mass is 178 g/mol. The molecule has 0 aliphatic rings. The summed E-state index contributed by atoms with van der Waals surface area (Å²) in [5.41, 5.74) is 0.944. The van der Waals surface area contributed by atoms with Crippen molar-refractivity contribution >= 4 is 5.78 Å². The molecule has 0 aromatic carbocycles. The maximum atomic E-state index is 11.3. The van der Waals surface area contributed by atoms with E-state index < -0.39 is 0 Å². The first kappa shape index (κ1) is 9.86. The van der Waals surface area contributed by atoms with E-state index in [0.29, 0.717) is 0 Å². The van der Waals surface area contributed by atoms with Crippen LogP contribution in [0, 0.1) is 0 Å². The minimum Gasteiger partial charge on any atom is -0.298 e. The smallest absolute Gasteiger partial charge is 0.151 e. The van der Waals surface area contributed by atoms with Gasteiger partial charge in [-0.2, -0.15) is 0 Å². The largest absolute Gasteiger partial charge is 0.298 e. The van der Waals surface area contributed by atoms with Gasteiger partial charge in [0.2, 0.25) is 0 Å². The number of carbonyl (C=O) groups excluding carboxylic acids is 1. The molecule has 1 unspecified atom stereocenters. The van der Waals surface area contributed by atoms with Gasteiger partial charge in [0.25, 0.3) is 0 Å². The average molecular weight is 178 g/mol. The van der Waals surface area contributed by atoms with Crippen molar-refractivity contribution in [3.05, 3.63) is 30.1 Å². The van der Waals surface area contributed by atoms with Gasteiger partial charge in [0, 0.05) is 12.4 Å². The molecule has 0 saturated carbocycles. The zero-order valence-corrected chi connectivity index (χ0v) is 8.19. The highest BCUT2D eigenvalue weighted by molar-refractivity contribution is 5.82. The molecule has 0 N–H and O–H groups in total. The molecule has 70 valence electrons. The van der Waals surface area contributed by atoms with Gasteiger partial charge in [0.05, 0.1) is 6.04 Å². The Morgan fingerprint density at radius 1 is 1.54 bits per heavy atom. The first-order chi connectivity index (χ1) is 6.13. The van der Waals surface area contributed by atoms with E-state index in [9.17, 15) is 4.79 Å². The maximum Gasteiger partial charge on any atom is 0.151 e. The van der Waals surface area contributed by atoms with Gasteiger partial charge in [0.1, 0.15) is 0 Å². The molecule has 13 heavy (non-hydrogen) atoms. The molecule has 0 saturated heterocycles. The van der Waals surface area contributed by atoms with Gasteiger partial charge in [-0.25, -0.2) is 0 Å². The summed E-state index contributed by atoms with van der Waals surface area (Å²) < 4.78 is 0. The van der Waals surface area contributed by atoms with Gasteiger partial charge in [-0.15, -0.1) is 0 Å². The van der Waals surface area contributed by atoms with Crippen molar-refractivity contribution in [3.8, 4) is 0 Å². The molecule has 0 aliphatic heterocycles. The second-order valence-electron chi connectivity index (χ2n) is 3.26. The number of Topliss-reactive ketones (excluding diaryl/α,β-unsaturated/α-hetero) is 1. The molecular weight excluding hydrogens is 164 g/mol. The Hall–Kier alpha value is -1.22. The van der Waals surface area contributed by atoms with Crippen molar-refractivity contribution < 1.29 is 4.79 Å². The van der Waals surface area contributed by atoms with E-state index in [0.717, 1.165) is 5.56 Å². The van der Waals surface area contributed by atoms with E-state index in [1.807, 2.05) is 31.1 Å². The minimum absolute atomic E-state index is 0.137. The van der Waals surface area contributed by atoms with Gasteiger partial charge in [-0.1, -0.05) is 6.07 Å². The summed E-state index contributed by atoms with van der Waals surface area (Å²) in [6.07, 6.45) is 3.43. The van der Waals surface area contributed by atoms with E-state index in [-0.39, 0.29) is 11.8 Å². The third-order valence-corrected chi connectivity index (χ3v) is 1.90. The normalized spacial score (nSPS) is 12.9. The summed E-state index contributed by atoms with van der Waals surface area (Å²) in [5, 5.41) is 0. The molecule has 3 nitrogen and oxygen atoms in total. The fraction of sp³-hybridized carbons (Fsp3) is 0.400. The number of likely N-dealkylation sites (N-methyl/N-ethyl adjacent to an activating group) is 1. The summed E-state index contributed by atoms with van der Waals surface area (Å²) in [5.74, 6) is 0.137. The van der Waals surface area contributed by atoms with Crippen molar-refractivity contribution in [1.29, 1.82) is 0 Å². The van der Waals surface area contributed by atoms with Gasteiger partial charge in [0.15, 0.2) is 5.78 Å². The molecule has 0 spiro atoms. The molecule has 0 amide bonds. The van der Waals surface area contributed by atoms with Crippen LogP contribution < -0.4 is 0 Å². The second-order valence-corrected chi connectivity index (χ2v) is 3.26. The lowest BCUT2D eigenvalue weighted by Gasteiger charge is -2.21. The summed E-state index contributed by atoms with van der Waals surface area (Å²) in [7, 11) is 3.78. The Kier molecular flexibility index (Phi) is 3.14. The number of ketones is 1. The number of rotatable bonds is 3. The van der Waals surface area contributed by atoms with Crippen LogP contribution in [0.25, 0.3) is 0 Å². The lowest BCUT2D eigenvalue weighted by molar-refractivity contribution is -0.121. The van der Waals surface area contributed by atoms with Crippen LogP contribution in [0.4, 0.5) is 0 Å². The van der Waals surface area contributed by atoms with Crippen molar-refractivity contribution in [2.45, 2.75) is 13.0 Å². The zero-order chi connectivity index (χ0) is 9.84. The minimum atomic E-state index is -0.173. The highest BCUT2D eigenvalue weighted by Gasteiger charge is 2.18. The van der Waals surface area contributed by atoms with Crippen molar-refractivity contribution in [2.75, 3.05) is 14.1 Å². The molecule has 1 atom stereocenters. The van der Waals surface area contributed by atoms with Crippen LogP contribution in [-0.4, -0.2) is 29.8 Å². The number of pyridine rings is 1. The van der Waals surface area contributed by atoms with E-state index in [1.54, 1.807) is 19.3 Å². The van der Waals surface area contributed by atoms with Crippen molar-refractivity contribution in [2.24, 2.45) is 0 Å². The molecule has 0 fully saturated rings. The van der Waals surface area contributed by atoms with Crippen LogP contribution in [0.15, 0.2) is 24.5 Å². The lowest BCUT2D eigenvalue weighted by Crippen LogP contribution is -2.25. The van der Waals surface area contributed by atoms with Crippen LogP contribution >= 0.6 is 0 Å². The van der Waals surface area contributed by atoms with Crippen LogP contribution in [0.2, 0.25) is 0 Å². The molecule has 0 aliphatic carbocycles. The highest BCUT2D eigenvalue weighted by atomic mass is 16.1. The quantitative estimate of drug-likeness (QED) is 0.699. The Bertz CT molecular complexity index is 282. The van der Waals surface area contributed by atoms with E-state index in [1.165, 1.54) is 0 Å². The van der Waals surface area contributed by atoms with E-state index >= 15 is 0 Å². The third kappa shape index (κ3) is 2.36. The molecule has 3 heteroatoms. The van der Waals surface area contributed by atoms with Crippen LogP contribution in [0.3, 0.4) is 0 Å². The van der Waals surface area contributed by atoms with Crippen LogP contribution in [0.5, 0.6) is 0 Å². The Morgan fingerprint density at radius 3 is 2.62 bits per heavy atom. The Labute approximate surface area is 78.4 Å². The third-order valence-electron chi connectivity index (χ3n) is 1.90. The number of aromatic nitrogens is 1. The van der Waals surface area contributed by atoms with Crippen molar-refractivity contribution in [3.63, 3.8) is 0 Å². The SMILES string of the molecule is CC(=O)C(c1cccnc1)N(C)C. The second kappa shape index (κ2) is 4.14. The highest BCUT2D eigenvalue weighted by Crippen LogP contribution is 2.17. The van der Waals surface area contributed by atoms with Gasteiger partial charge < -0.3 is 0 Å². The fourth-order valence-electron chi connectivity index (χ4n) is 1.43. The van der Waals surface area contributed by atoms with E-state index in [2.05, 4.69) is 4.98 Å². The summed E-state index contributed by atoms with van der Waals surface area (Å²) in [6.45, 7) is 1.59. The molecule has 1 rings (SSSR count). The maximum absolute atomic E-state index is 11.3. The predicted octanol–water partition coefficient (Wildman–Crippen LogP) is 1.27. The number of hydrogen-bond acceptors (Lipinski definition) is 3. The predicted molar refractivity (Wildman–Crippen MR) is 51.3 cm³/mol. The molecule has 0 radical (unpaired) electrons. The van der Waals surface area contributed by atoms with Crippen LogP contribution in [0.1, 0.15) is 18.5 Å². The summed E-state index contributed by atoms with van der Waals surface area (Å²) >= 11 is 0. The number of carbonyl (C=O) groups is 1. The van der Waals surface area contributed by atoms with Crippen molar-refractivity contribution in [1.82, 2.24) is 9.88 Å². The summed E-state index contributed by atoms with van der Waals surface area (Å²) in [4.78, 5) is 17.2. The fourth-order valence-corrected chi connectivity index (χ4v) is 1.43. The molecule has 1 aromatic rings. The lowest BCUT2D eigenvalue weighted by atomic mass is 10.1. The number of hydrogen-bond donors (Lipinski definition) is 0. The van der Waals surface area contributed by atoms with Gasteiger partial charge in [-0.3, -0.25) is 14.7 Å². The van der Waals surface area contributed by atoms with Gasteiger partial charge in [-0.05, 0) is 32.6 Å². The summed E-state index contributed by atoms with van der Waals surface area (Å²) in [6, 6.07) is 3.59. The molecule has 1 heterocycles. The molecular formula is C10H14N2O.